The van der Waals surface area contributed by atoms with Gasteiger partial charge in [-0.3, -0.25) is 20.2 Å². The third-order valence-corrected chi connectivity index (χ3v) is 6.88. The first-order valence-corrected chi connectivity index (χ1v) is 12.5. The molecule has 1 fully saturated rings. The smallest absolute Gasteiger partial charge is 0.273 e. The van der Waals surface area contributed by atoms with E-state index in [2.05, 4.69) is 21.0 Å². The van der Waals surface area contributed by atoms with Crippen molar-refractivity contribution in [3.63, 3.8) is 0 Å². The average molecular weight is 585 g/mol. The molecule has 0 radical (unpaired) electrons. The quantitative estimate of drug-likeness (QED) is 0.349. The fourth-order valence-electron chi connectivity index (χ4n) is 4.07. The molecule has 9 nitrogen and oxygen atoms in total. The standard InChI is InChI=1S/C23H24BrCl2N5O4/c1-28(29-11-3-2-4-12-29)23(32)21-18(14-35-31(33)34)22(15-5-7-16(24)8-6-15)30(27-21)20-10-9-17(25)13-19(20)26/h5-10,13,33-34H,2-4,11-12,14H2,1H3. The van der Waals surface area contributed by atoms with Crippen LogP contribution in [0.4, 0.5) is 0 Å². The van der Waals surface area contributed by atoms with Crippen LogP contribution in [0.1, 0.15) is 35.3 Å². The number of piperidine rings is 1. The molecule has 4 rings (SSSR count). The fraction of sp³-hybridized carbons (Fsp3) is 0.304. The third-order valence-electron chi connectivity index (χ3n) is 5.82. The van der Waals surface area contributed by atoms with Crippen LogP contribution in [-0.2, 0) is 11.4 Å². The number of carbonyl (C=O) groups excluding carboxylic acids is 1. The minimum atomic E-state index is -0.388. The molecule has 0 spiro atoms. The molecule has 1 saturated heterocycles. The van der Waals surface area contributed by atoms with Crippen LogP contribution in [0.3, 0.4) is 0 Å². The van der Waals surface area contributed by atoms with E-state index in [1.807, 2.05) is 29.3 Å². The Balaban J connectivity index is 1.90. The number of aromatic nitrogens is 2. The maximum absolute atomic E-state index is 13.7. The second kappa shape index (κ2) is 11.4. The monoisotopic (exact) mass is 583 g/mol. The van der Waals surface area contributed by atoms with Crippen molar-refractivity contribution in [3.8, 4) is 16.9 Å². The highest BCUT2D eigenvalue weighted by Crippen LogP contribution is 2.34. The Labute approximate surface area is 221 Å². The van der Waals surface area contributed by atoms with Gasteiger partial charge in [0, 0.05) is 40.8 Å². The lowest BCUT2D eigenvalue weighted by atomic mass is 10.1. The SMILES string of the molecule is CN(C(=O)c1nn(-c2ccc(Cl)cc2Cl)c(-c2ccc(Br)cc2)c1CON(O)O)N1CCCCC1. The molecular weight excluding hydrogens is 561 g/mol. The number of nitrogens with zero attached hydrogens (tertiary/aromatic N) is 5. The van der Waals surface area contributed by atoms with E-state index in [1.165, 1.54) is 0 Å². The number of benzene rings is 2. The summed E-state index contributed by atoms with van der Waals surface area (Å²) in [6, 6.07) is 12.4. The van der Waals surface area contributed by atoms with Crippen LogP contribution >= 0.6 is 39.1 Å². The zero-order valence-corrected chi connectivity index (χ0v) is 22.0. The van der Waals surface area contributed by atoms with Crippen LogP contribution in [0.15, 0.2) is 46.9 Å². The Morgan fingerprint density at radius 1 is 1.11 bits per heavy atom. The lowest BCUT2D eigenvalue weighted by molar-refractivity contribution is -0.497. The van der Waals surface area contributed by atoms with E-state index in [9.17, 15) is 15.2 Å². The van der Waals surface area contributed by atoms with Gasteiger partial charge in [-0.15, -0.1) is 0 Å². The molecule has 3 aromatic rings. The highest BCUT2D eigenvalue weighted by molar-refractivity contribution is 9.10. The van der Waals surface area contributed by atoms with Crippen molar-refractivity contribution in [2.75, 3.05) is 20.1 Å². The maximum atomic E-state index is 13.7. The van der Waals surface area contributed by atoms with Crippen molar-refractivity contribution < 1.29 is 20.0 Å². The molecule has 35 heavy (non-hydrogen) atoms. The summed E-state index contributed by atoms with van der Waals surface area (Å²) in [4.78, 5) is 18.7. The van der Waals surface area contributed by atoms with Gasteiger partial charge < -0.3 is 0 Å². The summed E-state index contributed by atoms with van der Waals surface area (Å²) < 4.78 is 2.42. The lowest BCUT2D eigenvalue weighted by Crippen LogP contribution is -2.46. The Bertz CT molecular complexity index is 1200. The number of hydrogen-bond acceptors (Lipinski definition) is 7. The number of carbonyl (C=O) groups is 1. The third kappa shape index (κ3) is 5.87. The highest BCUT2D eigenvalue weighted by Gasteiger charge is 2.30. The molecular formula is C23H24BrCl2N5O4. The van der Waals surface area contributed by atoms with E-state index in [0.29, 0.717) is 32.6 Å². The minimum Gasteiger partial charge on any atom is -0.273 e. The van der Waals surface area contributed by atoms with Crippen LogP contribution < -0.4 is 0 Å². The summed E-state index contributed by atoms with van der Waals surface area (Å²) in [5.41, 5.74) is 2.19. The zero-order valence-electron chi connectivity index (χ0n) is 18.9. The van der Waals surface area contributed by atoms with Gasteiger partial charge in [-0.2, -0.15) is 5.10 Å². The van der Waals surface area contributed by atoms with Gasteiger partial charge in [0.05, 0.1) is 21.8 Å². The van der Waals surface area contributed by atoms with Crippen LogP contribution in [0.2, 0.25) is 10.0 Å². The average Bonchev–Trinajstić information content (AvgIpc) is 3.22. The van der Waals surface area contributed by atoms with Crippen LogP contribution in [0.5, 0.6) is 0 Å². The van der Waals surface area contributed by atoms with Crippen molar-refractivity contribution in [2.24, 2.45) is 0 Å². The number of hydrazine groups is 1. The molecule has 2 aromatic carbocycles. The van der Waals surface area contributed by atoms with Gasteiger partial charge in [0.15, 0.2) is 5.69 Å². The predicted octanol–water partition coefficient (Wildman–Crippen LogP) is 5.59. The second-order valence-electron chi connectivity index (χ2n) is 8.06. The van der Waals surface area contributed by atoms with Gasteiger partial charge in [0.25, 0.3) is 5.91 Å². The van der Waals surface area contributed by atoms with Crippen molar-refractivity contribution in [1.82, 2.24) is 25.2 Å². The van der Waals surface area contributed by atoms with Gasteiger partial charge in [0.1, 0.15) is 6.61 Å². The zero-order chi connectivity index (χ0) is 25.1. The first-order chi connectivity index (χ1) is 16.8. The summed E-state index contributed by atoms with van der Waals surface area (Å²) >= 11 is 16.1. The summed E-state index contributed by atoms with van der Waals surface area (Å²) in [5.74, 6) is -0.352. The molecule has 0 saturated carbocycles. The molecule has 1 aromatic heterocycles. The van der Waals surface area contributed by atoms with Crippen LogP contribution in [-0.4, -0.2) is 61.6 Å². The topological polar surface area (TPSA) is 94.3 Å². The molecule has 0 bridgehead atoms. The number of hydrogen-bond donors (Lipinski definition) is 2. The van der Waals surface area contributed by atoms with E-state index < -0.39 is 0 Å². The van der Waals surface area contributed by atoms with Crippen molar-refractivity contribution >= 4 is 45.0 Å². The van der Waals surface area contributed by atoms with Crippen LogP contribution in [0.25, 0.3) is 16.9 Å². The number of rotatable bonds is 7. The highest BCUT2D eigenvalue weighted by atomic mass is 79.9. The van der Waals surface area contributed by atoms with E-state index in [-0.39, 0.29) is 23.6 Å². The van der Waals surface area contributed by atoms with Gasteiger partial charge >= 0.3 is 0 Å². The Hall–Kier alpha value is -2.02. The minimum absolute atomic E-state index is 0.101. The van der Waals surface area contributed by atoms with Crippen molar-refractivity contribution in [3.05, 3.63) is 68.2 Å². The predicted molar refractivity (Wildman–Crippen MR) is 134 cm³/mol. The molecule has 0 unspecified atom stereocenters. The van der Waals surface area contributed by atoms with Crippen molar-refractivity contribution in [2.45, 2.75) is 25.9 Å². The first-order valence-electron chi connectivity index (χ1n) is 10.9. The van der Waals surface area contributed by atoms with Gasteiger partial charge in [-0.1, -0.05) is 57.7 Å². The normalized spacial score (nSPS) is 14.5. The van der Waals surface area contributed by atoms with Crippen LogP contribution in [0, 0.1) is 0 Å². The molecule has 0 atom stereocenters. The Morgan fingerprint density at radius 2 is 1.80 bits per heavy atom. The number of amides is 1. The molecule has 186 valence electrons. The largest absolute Gasteiger partial charge is 0.288 e. The lowest BCUT2D eigenvalue weighted by Gasteiger charge is -2.34. The molecule has 1 amide bonds. The summed E-state index contributed by atoms with van der Waals surface area (Å²) in [6.45, 7) is 1.19. The summed E-state index contributed by atoms with van der Waals surface area (Å²) in [7, 11) is 1.70. The molecule has 1 aliphatic heterocycles. The van der Waals surface area contributed by atoms with Gasteiger partial charge in [-0.05, 0) is 43.2 Å². The Morgan fingerprint density at radius 3 is 2.43 bits per heavy atom. The summed E-state index contributed by atoms with van der Waals surface area (Å²) in [5, 5.41) is 27.1. The second-order valence-corrected chi connectivity index (χ2v) is 9.82. The van der Waals surface area contributed by atoms with Gasteiger partial charge in [-0.25, -0.2) is 14.5 Å². The van der Waals surface area contributed by atoms with Gasteiger partial charge in [0.2, 0.25) is 0 Å². The summed E-state index contributed by atoms with van der Waals surface area (Å²) in [6.07, 6.45) is 3.12. The van der Waals surface area contributed by atoms with E-state index in [1.54, 1.807) is 34.9 Å². The van der Waals surface area contributed by atoms with E-state index >= 15 is 0 Å². The van der Waals surface area contributed by atoms with E-state index in [0.717, 1.165) is 36.8 Å². The first kappa shape index (κ1) is 26.1. The maximum Gasteiger partial charge on any atom is 0.288 e. The molecule has 2 N–H and O–H groups in total. The van der Waals surface area contributed by atoms with Crippen molar-refractivity contribution in [1.29, 1.82) is 0 Å². The fourth-order valence-corrected chi connectivity index (χ4v) is 4.82. The molecule has 2 heterocycles. The molecule has 12 heteroatoms. The molecule has 0 aliphatic carbocycles. The molecule has 1 aliphatic rings. The Kier molecular flexibility index (Phi) is 8.46. The number of halogens is 3. The van der Waals surface area contributed by atoms with E-state index in [4.69, 9.17) is 28.0 Å².